The molecule has 2 aliphatic rings. The van der Waals surface area contributed by atoms with E-state index in [0.717, 1.165) is 25.8 Å². The van der Waals surface area contributed by atoms with Crippen LogP contribution in [0.5, 0.6) is 0 Å². The molecule has 0 aromatic carbocycles. The first kappa shape index (κ1) is 12.9. The molecule has 2 N–H and O–H groups in total. The second-order valence-corrected chi connectivity index (χ2v) is 6.66. The van der Waals surface area contributed by atoms with E-state index in [1.165, 1.54) is 12.8 Å². The Morgan fingerprint density at radius 2 is 2.06 bits per heavy atom. The van der Waals surface area contributed by atoms with Gasteiger partial charge in [0.05, 0.1) is 6.04 Å². The molecule has 98 valence electrons. The molecule has 1 heterocycles. The minimum absolute atomic E-state index is 0.0406. The Kier molecular flexibility index (Phi) is 3.76. The number of nitrogens with one attached hydrogen (secondary N) is 2. The van der Waals surface area contributed by atoms with Crippen molar-refractivity contribution in [1.82, 2.24) is 10.6 Å². The SMILES string of the molecule is CC1CC(C)(C)CC1NC1CCCCNC1=O. The van der Waals surface area contributed by atoms with Crippen molar-refractivity contribution in [3.63, 3.8) is 0 Å². The van der Waals surface area contributed by atoms with Crippen molar-refractivity contribution in [2.45, 2.75) is 65.0 Å². The zero-order valence-corrected chi connectivity index (χ0v) is 11.4. The van der Waals surface area contributed by atoms with Gasteiger partial charge >= 0.3 is 0 Å². The molecule has 0 radical (unpaired) electrons. The lowest BCUT2D eigenvalue weighted by Crippen LogP contribution is -2.48. The summed E-state index contributed by atoms with van der Waals surface area (Å²) >= 11 is 0. The molecule has 1 saturated carbocycles. The summed E-state index contributed by atoms with van der Waals surface area (Å²) in [4.78, 5) is 11.9. The van der Waals surface area contributed by atoms with Crippen LogP contribution in [0.25, 0.3) is 0 Å². The van der Waals surface area contributed by atoms with Crippen LogP contribution in [0.1, 0.15) is 52.9 Å². The zero-order valence-electron chi connectivity index (χ0n) is 11.4. The smallest absolute Gasteiger partial charge is 0.237 e. The average molecular weight is 238 g/mol. The Hall–Kier alpha value is -0.570. The molecule has 3 unspecified atom stereocenters. The summed E-state index contributed by atoms with van der Waals surface area (Å²) in [6, 6.07) is 0.553. The molecule has 3 heteroatoms. The molecule has 3 atom stereocenters. The summed E-state index contributed by atoms with van der Waals surface area (Å²) in [7, 11) is 0. The minimum Gasteiger partial charge on any atom is -0.355 e. The van der Waals surface area contributed by atoms with Crippen molar-refractivity contribution >= 4 is 5.91 Å². The van der Waals surface area contributed by atoms with Crippen molar-refractivity contribution < 1.29 is 4.79 Å². The molecule has 1 saturated heterocycles. The van der Waals surface area contributed by atoms with E-state index in [2.05, 4.69) is 31.4 Å². The van der Waals surface area contributed by atoms with Crippen LogP contribution in [-0.4, -0.2) is 24.5 Å². The molecule has 2 rings (SSSR count). The number of carbonyl (C=O) groups is 1. The molecule has 1 amide bonds. The van der Waals surface area contributed by atoms with E-state index in [1.54, 1.807) is 0 Å². The van der Waals surface area contributed by atoms with Crippen LogP contribution >= 0.6 is 0 Å². The highest BCUT2D eigenvalue weighted by atomic mass is 16.2. The number of rotatable bonds is 2. The molecule has 3 nitrogen and oxygen atoms in total. The molecule has 2 fully saturated rings. The van der Waals surface area contributed by atoms with E-state index in [-0.39, 0.29) is 11.9 Å². The number of amides is 1. The quantitative estimate of drug-likeness (QED) is 0.773. The van der Waals surface area contributed by atoms with E-state index < -0.39 is 0 Å². The Bertz CT molecular complexity index is 288. The average Bonchev–Trinajstić information content (AvgIpc) is 2.38. The van der Waals surface area contributed by atoms with Gasteiger partial charge in [-0.05, 0) is 43.4 Å². The summed E-state index contributed by atoms with van der Waals surface area (Å²) < 4.78 is 0. The Morgan fingerprint density at radius 3 is 2.71 bits per heavy atom. The molecule has 1 aliphatic heterocycles. The lowest BCUT2D eigenvalue weighted by Gasteiger charge is -2.24. The largest absolute Gasteiger partial charge is 0.355 e. The summed E-state index contributed by atoms with van der Waals surface area (Å²) in [6.07, 6.45) is 5.73. The fourth-order valence-electron chi connectivity index (χ4n) is 3.47. The van der Waals surface area contributed by atoms with E-state index in [9.17, 15) is 4.79 Å². The third kappa shape index (κ3) is 3.21. The van der Waals surface area contributed by atoms with Crippen LogP contribution in [0.3, 0.4) is 0 Å². The molecule has 17 heavy (non-hydrogen) atoms. The first-order valence-electron chi connectivity index (χ1n) is 7.02. The van der Waals surface area contributed by atoms with Crippen LogP contribution in [0.2, 0.25) is 0 Å². The highest BCUT2D eigenvalue weighted by Crippen LogP contribution is 2.41. The Morgan fingerprint density at radius 1 is 1.29 bits per heavy atom. The lowest BCUT2D eigenvalue weighted by molar-refractivity contribution is -0.123. The second kappa shape index (κ2) is 4.97. The Labute approximate surface area is 105 Å². The van der Waals surface area contributed by atoms with Crippen LogP contribution in [-0.2, 0) is 4.79 Å². The third-order valence-electron chi connectivity index (χ3n) is 4.28. The minimum atomic E-state index is 0.0406. The molecule has 0 bridgehead atoms. The van der Waals surface area contributed by atoms with Gasteiger partial charge in [0.1, 0.15) is 0 Å². The second-order valence-electron chi connectivity index (χ2n) is 6.66. The summed E-state index contributed by atoms with van der Waals surface area (Å²) in [6.45, 7) is 7.82. The summed E-state index contributed by atoms with van der Waals surface area (Å²) in [5.74, 6) is 0.889. The van der Waals surface area contributed by atoms with Gasteiger partial charge in [-0.2, -0.15) is 0 Å². The van der Waals surface area contributed by atoms with Crippen molar-refractivity contribution in [3.8, 4) is 0 Å². The molecule has 0 aromatic rings. The van der Waals surface area contributed by atoms with Gasteiger partial charge in [-0.15, -0.1) is 0 Å². The molecule has 1 aliphatic carbocycles. The highest BCUT2D eigenvalue weighted by Gasteiger charge is 2.38. The highest BCUT2D eigenvalue weighted by molar-refractivity contribution is 5.81. The van der Waals surface area contributed by atoms with E-state index >= 15 is 0 Å². The first-order valence-corrected chi connectivity index (χ1v) is 7.02. The maximum atomic E-state index is 11.9. The van der Waals surface area contributed by atoms with E-state index in [0.29, 0.717) is 17.4 Å². The summed E-state index contributed by atoms with van der Waals surface area (Å²) in [5, 5.41) is 6.60. The van der Waals surface area contributed by atoms with E-state index in [4.69, 9.17) is 0 Å². The maximum Gasteiger partial charge on any atom is 0.237 e. The van der Waals surface area contributed by atoms with Gasteiger partial charge in [0.2, 0.25) is 5.91 Å². The number of carbonyl (C=O) groups excluding carboxylic acids is 1. The fraction of sp³-hybridized carbons (Fsp3) is 0.929. The fourth-order valence-corrected chi connectivity index (χ4v) is 3.47. The predicted octanol–water partition coefficient (Wildman–Crippen LogP) is 2.07. The molecular formula is C14H26N2O. The molecular weight excluding hydrogens is 212 g/mol. The van der Waals surface area contributed by atoms with E-state index in [1.807, 2.05) is 0 Å². The topological polar surface area (TPSA) is 41.1 Å². The summed E-state index contributed by atoms with van der Waals surface area (Å²) in [5.41, 5.74) is 0.429. The van der Waals surface area contributed by atoms with Gasteiger partial charge in [-0.25, -0.2) is 0 Å². The van der Waals surface area contributed by atoms with Gasteiger partial charge in [0.25, 0.3) is 0 Å². The van der Waals surface area contributed by atoms with Crippen molar-refractivity contribution in [2.75, 3.05) is 6.54 Å². The normalized spacial score (nSPS) is 37.6. The van der Waals surface area contributed by atoms with Crippen molar-refractivity contribution in [1.29, 1.82) is 0 Å². The molecule has 0 aromatic heterocycles. The number of hydrogen-bond acceptors (Lipinski definition) is 2. The Balaban J connectivity index is 1.93. The predicted molar refractivity (Wildman–Crippen MR) is 69.8 cm³/mol. The third-order valence-corrected chi connectivity index (χ3v) is 4.28. The maximum absolute atomic E-state index is 11.9. The van der Waals surface area contributed by atoms with Crippen LogP contribution in [0.4, 0.5) is 0 Å². The van der Waals surface area contributed by atoms with Crippen LogP contribution < -0.4 is 10.6 Å². The first-order chi connectivity index (χ1) is 7.98. The van der Waals surface area contributed by atoms with Crippen molar-refractivity contribution in [3.05, 3.63) is 0 Å². The van der Waals surface area contributed by atoms with Gasteiger partial charge < -0.3 is 10.6 Å². The zero-order chi connectivity index (χ0) is 12.5. The monoisotopic (exact) mass is 238 g/mol. The van der Waals surface area contributed by atoms with Crippen LogP contribution in [0, 0.1) is 11.3 Å². The van der Waals surface area contributed by atoms with Gasteiger partial charge in [0, 0.05) is 12.6 Å². The lowest BCUT2D eigenvalue weighted by atomic mass is 9.91. The van der Waals surface area contributed by atoms with Crippen molar-refractivity contribution in [2.24, 2.45) is 11.3 Å². The van der Waals surface area contributed by atoms with Gasteiger partial charge in [0.15, 0.2) is 0 Å². The van der Waals surface area contributed by atoms with Crippen LogP contribution in [0.15, 0.2) is 0 Å². The standard InChI is InChI=1S/C14H26N2O/c1-10-8-14(2,3)9-12(10)16-11-6-4-5-7-15-13(11)17/h10-12,16H,4-9H2,1-3H3,(H,15,17). The molecule has 0 spiro atoms. The number of hydrogen-bond donors (Lipinski definition) is 2. The van der Waals surface area contributed by atoms with Gasteiger partial charge in [-0.3, -0.25) is 4.79 Å². The van der Waals surface area contributed by atoms with Gasteiger partial charge in [-0.1, -0.05) is 20.8 Å².